The largest absolute Gasteiger partial charge is 0.457 e. The van der Waals surface area contributed by atoms with Gasteiger partial charge in [0.25, 0.3) is 11.8 Å². The minimum atomic E-state index is -0.754. The van der Waals surface area contributed by atoms with E-state index < -0.39 is 28.6 Å². The van der Waals surface area contributed by atoms with E-state index >= 15 is 0 Å². The zero-order valence-electron chi connectivity index (χ0n) is 25.2. The normalized spacial score (nSPS) is 13.2. The van der Waals surface area contributed by atoms with Crippen molar-refractivity contribution in [3.63, 3.8) is 0 Å². The lowest BCUT2D eigenvalue weighted by atomic mass is 10.0. The maximum Gasteiger partial charge on any atom is 0.339 e. The van der Waals surface area contributed by atoms with Crippen molar-refractivity contribution in [1.82, 2.24) is 4.90 Å². The summed E-state index contributed by atoms with van der Waals surface area (Å²) < 4.78 is 5.50. The highest BCUT2D eigenvalue weighted by Crippen LogP contribution is 2.35. The third kappa shape index (κ3) is 5.27. The summed E-state index contributed by atoms with van der Waals surface area (Å²) in [7, 11) is 0. The molecule has 0 atom stereocenters. The van der Waals surface area contributed by atoms with Crippen LogP contribution in [0, 0.1) is 0 Å². The molecule has 2 amide bonds. The molecule has 1 aliphatic rings. The van der Waals surface area contributed by atoms with Crippen molar-refractivity contribution in [2.75, 3.05) is 23.4 Å². The number of benzene rings is 3. The van der Waals surface area contributed by atoms with Gasteiger partial charge >= 0.3 is 5.97 Å². The molecule has 4 aromatic rings. The number of hydrogen-bond acceptors (Lipinski definition) is 9. The molecule has 0 aromatic heterocycles. The Bertz CT molecular complexity index is 1900. The predicted octanol–water partition coefficient (Wildman–Crippen LogP) is 4.35. The topological polar surface area (TPSA) is 125 Å². The number of amides is 2. The molecule has 0 bridgehead atoms. The second-order valence-electron chi connectivity index (χ2n) is 10.6. The van der Waals surface area contributed by atoms with Gasteiger partial charge in [0.15, 0.2) is 5.36 Å². The van der Waals surface area contributed by atoms with Crippen LogP contribution >= 0.6 is 0 Å². The Kier molecular flexibility index (Phi) is 8.71. The SMILES string of the molecule is CCC(CC)N1C(=O)c2c(NN=c3c(=O)c4ccc(N(CC)CC)cc4c3=O)ccc(C(=O)OCc3ccccc3)c2C1=O. The van der Waals surface area contributed by atoms with E-state index in [1.165, 1.54) is 12.1 Å². The van der Waals surface area contributed by atoms with E-state index in [1.807, 2.05) is 58.0 Å². The van der Waals surface area contributed by atoms with E-state index in [0.29, 0.717) is 12.8 Å². The van der Waals surface area contributed by atoms with Crippen LogP contribution in [0.5, 0.6) is 0 Å². The molecule has 10 heteroatoms. The summed E-state index contributed by atoms with van der Waals surface area (Å²) in [6.45, 7) is 9.22. The fraction of sp³-hybridized carbons (Fsp3) is 0.294. The van der Waals surface area contributed by atoms with Gasteiger partial charge in [-0.15, -0.1) is 0 Å². The van der Waals surface area contributed by atoms with Gasteiger partial charge in [-0.1, -0.05) is 44.2 Å². The molecule has 0 aliphatic carbocycles. The lowest BCUT2D eigenvalue weighted by Gasteiger charge is -2.23. The van der Waals surface area contributed by atoms with E-state index in [0.717, 1.165) is 29.2 Å². The van der Waals surface area contributed by atoms with Crippen LogP contribution < -0.4 is 26.5 Å². The number of carbonyl (C=O) groups is 3. The van der Waals surface area contributed by atoms with Crippen molar-refractivity contribution in [3.05, 3.63) is 109 Å². The summed E-state index contributed by atoms with van der Waals surface area (Å²) in [6, 6.07) is 16.6. The van der Waals surface area contributed by atoms with E-state index in [-0.39, 0.29) is 51.2 Å². The molecule has 0 saturated carbocycles. The maximum absolute atomic E-state index is 13.7. The van der Waals surface area contributed by atoms with Gasteiger partial charge in [-0.2, -0.15) is 5.10 Å². The van der Waals surface area contributed by atoms with Crippen molar-refractivity contribution < 1.29 is 19.1 Å². The minimum absolute atomic E-state index is 0.0126. The first-order valence-corrected chi connectivity index (χ1v) is 14.8. The predicted molar refractivity (Wildman–Crippen MR) is 168 cm³/mol. The Balaban J connectivity index is 1.57. The number of imide groups is 1. The smallest absolute Gasteiger partial charge is 0.339 e. The molecular weight excluding hydrogens is 560 g/mol. The molecule has 1 heterocycles. The van der Waals surface area contributed by atoms with Crippen LogP contribution in [0.4, 0.5) is 11.4 Å². The number of anilines is 2. The molecule has 0 spiro atoms. The summed E-state index contributed by atoms with van der Waals surface area (Å²) in [4.78, 5) is 70.3. The molecule has 4 aromatic carbocycles. The highest BCUT2D eigenvalue weighted by molar-refractivity contribution is 6.27. The Morgan fingerprint density at radius 3 is 2.16 bits per heavy atom. The average Bonchev–Trinajstić information content (AvgIpc) is 3.45. The van der Waals surface area contributed by atoms with Gasteiger partial charge in [0, 0.05) is 35.6 Å². The van der Waals surface area contributed by atoms with Gasteiger partial charge in [-0.25, -0.2) is 4.79 Å². The van der Waals surface area contributed by atoms with Gasteiger partial charge in [-0.3, -0.25) is 29.5 Å². The zero-order valence-corrected chi connectivity index (χ0v) is 25.2. The van der Waals surface area contributed by atoms with Gasteiger partial charge in [0.2, 0.25) is 10.9 Å². The number of carbonyl (C=O) groups excluding carboxylic acids is 3. The second kappa shape index (κ2) is 12.6. The Hall–Kier alpha value is -5.12. The summed E-state index contributed by atoms with van der Waals surface area (Å²) in [5, 5.41) is 4.32. The van der Waals surface area contributed by atoms with Crippen molar-refractivity contribution >= 4 is 39.9 Å². The standard InChI is InChI=1S/C34H34N4O6/c1-5-21(6-2)38-32(41)27-24(34(43)44-19-20-12-10-9-11-13-20)16-17-26(28(27)33(38)42)35-36-29-30(39)23-15-14-22(37(7-3)8-4)18-25(23)31(29)40/h9-18,21,35H,5-8,19H2,1-4H3. The molecular formula is C34H34N4O6. The summed E-state index contributed by atoms with van der Waals surface area (Å²) in [6.07, 6.45) is 1.05. The van der Waals surface area contributed by atoms with Crippen LogP contribution in [0.1, 0.15) is 77.2 Å². The molecule has 1 aliphatic heterocycles. The maximum atomic E-state index is 13.7. The Morgan fingerprint density at radius 2 is 1.50 bits per heavy atom. The Labute approximate surface area is 254 Å². The number of fused-ring (bicyclic) bond motifs is 2. The monoisotopic (exact) mass is 594 g/mol. The molecule has 0 radical (unpaired) electrons. The summed E-state index contributed by atoms with van der Waals surface area (Å²) in [5.74, 6) is -1.95. The van der Waals surface area contributed by atoms with Gasteiger partial charge in [0.1, 0.15) is 6.61 Å². The molecule has 0 saturated heterocycles. The fourth-order valence-electron chi connectivity index (χ4n) is 5.71. The molecule has 10 nitrogen and oxygen atoms in total. The average molecular weight is 595 g/mol. The first-order chi connectivity index (χ1) is 21.2. The highest BCUT2D eigenvalue weighted by Gasteiger charge is 2.43. The van der Waals surface area contributed by atoms with Crippen molar-refractivity contribution in [3.8, 4) is 0 Å². The first kappa shape index (κ1) is 30.3. The molecule has 5 rings (SSSR count). The number of hydrogen-bond donors (Lipinski definition) is 1. The molecule has 0 fully saturated rings. The second-order valence-corrected chi connectivity index (χ2v) is 10.6. The number of rotatable bonds is 11. The minimum Gasteiger partial charge on any atom is -0.457 e. The first-order valence-electron chi connectivity index (χ1n) is 14.8. The summed E-state index contributed by atoms with van der Waals surface area (Å²) in [5.41, 5.74) is 3.10. The Morgan fingerprint density at radius 1 is 0.841 bits per heavy atom. The van der Waals surface area contributed by atoms with Crippen molar-refractivity contribution in [2.45, 2.75) is 53.2 Å². The number of nitrogens with one attached hydrogen (secondary N) is 1. The van der Waals surface area contributed by atoms with Gasteiger partial charge in [-0.05, 0) is 62.6 Å². The van der Waals surface area contributed by atoms with Crippen molar-refractivity contribution in [2.24, 2.45) is 5.10 Å². The zero-order chi connectivity index (χ0) is 31.5. The van der Waals surface area contributed by atoms with Crippen LogP contribution in [0.2, 0.25) is 0 Å². The van der Waals surface area contributed by atoms with Gasteiger partial charge < -0.3 is 9.64 Å². The fourth-order valence-corrected chi connectivity index (χ4v) is 5.71. The number of ether oxygens (including phenoxy) is 1. The van der Waals surface area contributed by atoms with Crippen LogP contribution in [0.15, 0.2) is 75.4 Å². The quantitative estimate of drug-likeness (QED) is 0.154. The van der Waals surface area contributed by atoms with E-state index in [9.17, 15) is 24.0 Å². The van der Waals surface area contributed by atoms with Crippen LogP contribution in [0.25, 0.3) is 10.8 Å². The van der Waals surface area contributed by atoms with Crippen molar-refractivity contribution in [1.29, 1.82) is 0 Å². The van der Waals surface area contributed by atoms with Crippen LogP contribution in [0.3, 0.4) is 0 Å². The lowest BCUT2D eigenvalue weighted by Crippen LogP contribution is -2.39. The third-order valence-electron chi connectivity index (χ3n) is 8.15. The number of nitrogens with zero attached hydrogens (tertiary/aromatic N) is 3. The molecule has 44 heavy (non-hydrogen) atoms. The third-order valence-corrected chi connectivity index (χ3v) is 8.15. The van der Waals surface area contributed by atoms with E-state index in [1.54, 1.807) is 18.2 Å². The number of esters is 1. The molecule has 1 N–H and O–H groups in total. The van der Waals surface area contributed by atoms with E-state index in [4.69, 9.17) is 4.74 Å². The molecule has 0 unspecified atom stereocenters. The van der Waals surface area contributed by atoms with Crippen LogP contribution in [-0.4, -0.2) is 41.8 Å². The molecule has 226 valence electrons. The highest BCUT2D eigenvalue weighted by atomic mass is 16.5. The summed E-state index contributed by atoms with van der Waals surface area (Å²) >= 11 is 0. The van der Waals surface area contributed by atoms with Crippen LogP contribution in [-0.2, 0) is 11.3 Å². The van der Waals surface area contributed by atoms with Gasteiger partial charge in [0.05, 0.1) is 22.4 Å². The van der Waals surface area contributed by atoms with E-state index in [2.05, 4.69) is 15.4 Å². The lowest BCUT2D eigenvalue weighted by molar-refractivity contribution is 0.0463.